The Morgan fingerprint density at radius 1 is 1.41 bits per heavy atom. The minimum absolute atomic E-state index is 0.681. The number of nitrogens with two attached hydrogens (primary N) is 1. The Morgan fingerprint density at radius 2 is 2.24 bits per heavy atom. The Labute approximate surface area is 104 Å². The van der Waals surface area contributed by atoms with Crippen LogP contribution in [0.1, 0.15) is 39.0 Å². The molecule has 0 aliphatic heterocycles. The SMILES string of the molecule is CCCCNC(=NCCCOCC1CC1)NN. The summed E-state index contributed by atoms with van der Waals surface area (Å²) in [5.74, 6) is 6.89. The van der Waals surface area contributed by atoms with E-state index < -0.39 is 0 Å². The quantitative estimate of drug-likeness (QED) is 0.185. The number of hydrogen-bond acceptors (Lipinski definition) is 3. The van der Waals surface area contributed by atoms with E-state index in [9.17, 15) is 0 Å². The van der Waals surface area contributed by atoms with Gasteiger partial charge in [0.15, 0.2) is 0 Å². The van der Waals surface area contributed by atoms with Gasteiger partial charge in [-0.25, -0.2) is 5.84 Å². The lowest BCUT2D eigenvalue weighted by molar-refractivity contribution is 0.123. The molecule has 5 heteroatoms. The molecule has 0 unspecified atom stereocenters. The molecule has 0 bridgehead atoms. The average molecular weight is 242 g/mol. The molecular formula is C12H26N4O. The minimum atomic E-state index is 0.681. The third kappa shape index (κ3) is 7.99. The Balaban J connectivity index is 1.94. The molecule has 0 heterocycles. The van der Waals surface area contributed by atoms with Crippen LogP contribution in [-0.4, -0.2) is 32.3 Å². The second-order valence-electron chi connectivity index (χ2n) is 4.53. The molecule has 4 N–H and O–H groups in total. The first-order chi connectivity index (χ1) is 8.36. The van der Waals surface area contributed by atoms with Crippen molar-refractivity contribution in [1.82, 2.24) is 10.7 Å². The normalized spacial score (nSPS) is 16.0. The van der Waals surface area contributed by atoms with Crippen LogP contribution >= 0.6 is 0 Å². The summed E-state index contributed by atoms with van der Waals surface area (Å²) in [7, 11) is 0. The molecule has 0 saturated heterocycles. The van der Waals surface area contributed by atoms with E-state index in [1.807, 2.05) is 0 Å². The van der Waals surface area contributed by atoms with E-state index >= 15 is 0 Å². The fourth-order valence-corrected chi connectivity index (χ4v) is 1.43. The molecule has 0 radical (unpaired) electrons. The van der Waals surface area contributed by atoms with Crippen molar-refractivity contribution in [3.63, 3.8) is 0 Å². The van der Waals surface area contributed by atoms with Crippen molar-refractivity contribution < 1.29 is 4.74 Å². The highest BCUT2D eigenvalue weighted by Crippen LogP contribution is 2.28. The van der Waals surface area contributed by atoms with Gasteiger partial charge in [0, 0.05) is 26.3 Å². The zero-order valence-corrected chi connectivity index (χ0v) is 10.9. The zero-order chi connectivity index (χ0) is 12.3. The Morgan fingerprint density at radius 3 is 2.88 bits per heavy atom. The van der Waals surface area contributed by atoms with Gasteiger partial charge in [0.25, 0.3) is 0 Å². The van der Waals surface area contributed by atoms with Gasteiger partial charge >= 0.3 is 0 Å². The molecule has 1 fully saturated rings. The number of hydrogen-bond donors (Lipinski definition) is 3. The molecule has 0 atom stereocenters. The van der Waals surface area contributed by atoms with E-state index in [2.05, 4.69) is 22.7 Å². The van der Waals surface area contributed by atoms with Gasteiger partial charge in [-0.05, 0) is 31.6 Å². The third-order valence-corrected chi connectivity index (χ3v) is 2.73. The number of hydrazine groups is 1. The van der Waals surface area contributed by atoms with Crippen LogP contribution in [0.15, 0.2) is 4.99 Å². The number of aliphatic imine (C=N–C) groups is 1. The molecule has 100 valence electrons. The number of guanidine groups is 1. The number of ether oxygens (including phenoxy) is 1. The number of nitrogens with one attached hydrogen (secondary N) is 2. The second kappa shape index (κ2) is 9.24. The van der Waals surface area contributed by atoms with Gasteiger partial charge in [0.05, 0.1) is 0 Å². The van der Waals surface area contributed by atoms with Crippen LogP contribution < -0.4 is 16.6 Å². The number of nitrogens with zero attached hydrogens (tertiary/aromatic N) is 1. The first-order valence-corrected chi connectivity index (χ1v) is 6.69. The van der Waals surface area contributed by atoms with Crippen molar-refractivity contribution in [1.29, 1.82) is 0 Å². The van der Waals surface area contributed by atoms with Crippen LogP contribution in [0.5, 0.6) is 0 Å². The fourth-order valence-electron chi connectivity index (χ4n) is 1.43. The van der Waals surface area contributed by atoms with Crippen molar-refractivity contribution in [2.75, 3.05) is 26.3 Å². The third-order valence-electron chi connectivity index (χ3n) is 2.73. The average Bonchev–Trinajstić information content (AvgIpc) is 3.15. The smallest absolute Gasteiger partial charge is 0.205 e. The molecule has 1 saturated carbocycles. The molecule has 1 aliphatic carbocycles. The lowest BCUT2D eigenvalue weighted by atomic mass is 10.3. The van der Waals surface area contributed by atoms with Gasteiger partial charge in [-0.2, -0.15) is 0 Å². The van der Waals surface area contributed by atoms with Gasteiger partial charge in [-0.3, -0.25) is 10.4 Å². The van der Waals surface area contributed by atoms with E-state index in [0.29, 0.717) is 5.96 Å². The fraction of sp³-hybridized carbons (Fsp3) is 0.917. The van der Waals surface area contributed by atoms with Crippen LogP contribution in [-0.2, 0) is 4.74 Å². The summed E-state index contributed by atoms with van der Waals surface area (Å²) in [4.78, 5) is 4.34. The lowest BCUT2D eigenvalue weighted by Gasteiger charge is -2.08. The van der Waals surface area contributed by atoms with Crippen LogP contribution in [0.4, 0.5) is 0 Å². The van der Waals surface area contributed by atoms with E-state index in [1.54, 1.807) is 0 Å². The number of unbranched alkanes of at least 4 members (excludes halogenated alkanes) is 1. The highest BCUT2D eigenvalue weighted by molar-refractivity contribution is 5.79. The van der Waals surface area contributed by atoms with Gasteiger partial charge in [-0.1, -0.05) is 13.3 Å². The molecule has 0 spiro atoms. The summed E-state index contributed by atoms with van der Waals surface area (Å²) in [6, 6.07) is 0. The molecule has 1 rings (SSSR count). The molecule has 1 aliphatic rings. The van der Waals surface area contributed by atoms with Crippen molar-refractivity contribution in [3.8, 4) is 0 Å². The van der Waals surface area contributed by atoms with Crippen molar-refractivity contribution in [3.05, 3.63) is 0 Å². The first-order valence-electron chi connectivity index (χ1n) is 6.69. The summed E-state index contributed by atoms with van der Waals surface area (Å²) < 4.78 is 5.53. The summed E-state index contributed by atoms with van der Waals surface area (Å²) >= 11 is 0. The maximum absolute atomic E-state index is 5.53. The van der Waals surface area contributed by atoms with E-state index in [4.69, 9.17) is 10.6 Å². The number of rotatable bonds is 9. The predicted octanol–water partition coefficient (Wildman–Crippen LogP) is 1.01. The Bertz CT molecular complexity index is 217. The predicted molar refractivity (Wildman–Crippen MR) is 70.7 cm³/mol. The summed E-state index contributed by atoms with van der Waals surface area (Å²) in [6.45, 7) is 5.56. The van der Waals surface area contributed by atoms with Crippen LogP contribution in [0, 0.1) is 5.92 Å². The maximum atomic E-state index is 5.53. The van der Waals surface area contributed by atoms with Crippen molar-refractivity contribution in [2.45, 2.75) is 39.0 Å². The molecule has 17 heavy (non-hydrogen) atoms. The molecule has 0 amide bonds. The highest BCUT2D eigenvalue weighted by atomic mass is 16.5. The molecule has 0 aromatic rings. The highest BCUT2D eigenvalue weighted by Gasteiger charge is 2.20. The van der Waals surface area contributed by atoms with Gasteiger partial charge in [0.1, 0.15) is 0 Å². The lowest BCUT2D eigenvalue weighted by Crippen LogP contribution is -2.42. The van der Waals surface area contributed by atoms with E-state index in [0.717, 1.165) is 45.1 Å². The summed E-state index contributed by atoms with van der Waals surface area (Å²) in [5, 5.41) is 3.16. The van der Waals surface area contributed by atoms with Crippen LogP contribution in [0.25, 0.3) is 0 Å². The van der Waals surface area contributed by atoms with Gasteiger partial charge in [0.2, 0.25) is 5.96 Å². The molecule has 0 aromatic carbocycles. The topological polar surface area (TPSA) is 71.7 Å². The summed E-state index contributed by atoms with van der Waals surface area (Å²) in [6.07, 6.45) is 5.94. The Kier molecular flexibility index (Phi) is 7.75. The zero-order valence-electron chi connectivity index (χ0n) is 10.9. The van der Waals surface area contributed by atoms with Crippen molar-refractivity contribution in [2.24, 2.45) is 16.8 Å². The molecule has 0 aromatic heterocycles. The van der Waals surface area contributed by atoms with E-state index in [-0.39, 0.29) is 0 Å². The largest absolute Gasteiger partial charge is 0.381 e. The maximum Gasteiger partial charge on any atom is 0.205 e. The van der Waals surface area contributed by atoms with Crippen LogP contribution in [0.3, 0.4) is 0 Å². The van der Waals surface area contributed by atoms with Crippen LogP contribution in [0.2, 0.25) is 0 Å². The molecular weight excluding hydrogens is 216 g/mol. The summed E-state index contributed by atoms with van der Waals surface area (Å²) in [5.41, 5.74) is 2.58. The van der Waals surface area contributed by atoms with Gasteiger partial charge in [-0.15, -0.1) is 0 Å². The molecule has 5 nitrogen and oxygen atoms in total. The standard InChI is InChI=1S/C12H26N4O/c1-2-3-7-14-12(16-13)15-8-4-9-17-10-11-5-6-11/h11H,2-10,13H2,1H3,(H2,14,15,16). The minimum Gasteiger partial charge on any atom is -0.381 e. The Hall–Kier alpha value is -0.810. The van der Waals surface area contributed by atoms with Crippen molar-refractivity contribution >= 4 is 5.96 Å². The monoisotopic (exact) mass is 242 g/mol. The second-order valence-corrected chi connectivity index (χ2v) is 4.53. The van der Waals surface area contributed by atoms with E-state index in [1.165, 1.54) is 19.3 Å². The first kappa shape index (κ1) is 14.3. The van der Waals surface area contributed by atoms with Gasteiger partial charge < -0.3 is 10.1 Å².